The van der Waals surface area contributed by atoms with Gasteiger partial charge in [-0.1, -0.05) is 23.2 Å². The summed E-state index contributed by atoms with van der Waals surface area (Å²) in [6.07, 6.45) is 2.59. The van der Waals surface area contributed by atoms with Gasteiger partial charge in [-0.2, -0.15) is 0 Å². The predicted molar refractivity (Wildman–Crippen MR) is 76.1 cm³/mol. The van der Waals surface area contributed by atoms with Gasteiger partial charge >= 0.3 is 0 Å². The van der Waals surface area contributed by atoms with E-state index in [0.717, 1.165) is 24.8 Å². The van der Waals surface area contributed by atoms with E-state index in [2.05, 4.69) is 10.5 Å². The van der Waals surface area contributed by atoms with Gasteiger partial charge in [-0.05, 0) is 30.7 Å². The van der Waals surface area contributed by atoms with E-state index in [1.807, 2.05) is 12.3 Å². The number of thiophene rings is 1. The lowest BCUT2D eigenvalue weighted by atomic mass is 10.0. The highest BCUT2D eigenvalue weighted by Crippen LogP contribution is 2.29. The molecule has 0 saturated heterocycles. The molecule has 104 valence electrons. The van der Waals surface area contributed by atoms with Gasteiger partial charge in [0.1, 0.15) is 10.7 Å². The second-order valence-electron chi connectivity index (χ2n) is 4.70. The Bertz CT molecular complexity index is 515. The minimum atomic E-state index is -0.189. The number of aryl methyl sites for hydroxylation is 1. The van der Waals surface area contributed by atoms with Crippen molar-refractivity contribution in [1.29, 1.82) is 0 Å². The molecule has 4 N–H and O–H groups in total. The van der Waals surface area contributed by atoms with Crippen molar-refractivity contribution >= 4 is 34.7 Å². The van der Waals surface area contributed by atoms with Crippen LogP contribution < -0.4 is 11.1 Å². The van der Waals surface area contributed by atoms with E-state index in [-0.39, 0.29) is 23.7 Å². The molecular weight excluding hydrogens is 286 g/mol. The molecule has 1 aromatic rings. The number of halogens is 1. The highest BCUT2D eigenvalue weighted by molar-refractivity contribution is 7.13. The topological polar surface area (TPSA) is 87.7 Å². The highest BCUT2D eigenvalue weighted by Gasteiger charge is 2.32. The predicted octanol–water partition coefficient (Wildman–Crippen LogP) is 2.35. The van der Waals surface area contributed by atoms with Gasteiger partial charge in [0.2, 0.25) is 0 Å². The van der Waals surface area contributed by atoms with Crippen LogP contribution in [0.25, 0.3) is 0 Å². The Hall–Kier alpha value is -1.27. The zero-order valence-corrected chi connectivity index (χ0v) is 12.1. The molecule has 1 aromatic heterocycles. The normalized spacial score (nSPS) is 23.6. The molecule has 0 bridgehead atoms. The molecule has 2 unspecified atom stereocenters. The lowest BCUT2D eigenvalue weighted by Gasteiger charge is -2.19. The van der Waals surface area contributed by atoms with Gasteiger partial charge in [0.15, 0.2) is 0 Å². The highest BCUT2D eigenvalue weighted by atomic mass is 35.5. The van der Waals surface area contributed by atoms with Crippen molar-refractivity contribution in [1.82, 2.24) is 5.32 Å². The maximum absolute atomic E-state index is 12.2. The molecule has 2 atom stereocenters. The van der Waals surface area contributed by atoms with Crippen LogP contribution in [0.15, 0.2) is 10.5 Å². The van der Waals surface area contributed by atoms with Crippen LogP contribution in [0.3, 0.4) is 0 Å². The van der Waals surface area contributed by atoms with Gasteiger partial charge in [0.05, 0.1) is 5.02 Å². The zero-order chi connectivity index (χ0) is 14.0. The summed E-state index contributed by atoms with van der Waals surface area (Å²) in [6.45, 7) is 1.87. The summed E-state index contributed by atoms with van der Waals surface area (Å²) < 4.78 is 0. The van der Waals surface area contributed by atoms with E-state index < -0.39 is 0 Å². The Balaban J connectivity index is 2.09. The van der Waals surface area contributed by atoms with Gasteiger partial charge < -0.3 is 16.3 Å². The van der Waals surface area contributed by atoms with Gasteiger partial charge in [-0.3, -0.25) is 4.79 Å². The van der Waals surface area contributed by atoms with Crippen molar-refractivity contribution in [2.45, 2.75) is 32.2 Å². The first-order valence-electron chi connectivity index (χ1n) is 6.06. The largest absolute Gasteiger partial charge is 0.409 e. The van der Waals surface area contributed by atoms with Crippen LogP contribution in [0.4, 0.5) is 0 Å². The summed E-state index contributed by atoms with van der Waals surface area (Å²) in [4.78, 5) is 12.7. The van der Waals surface area contributed by atoms with Crippen LogP contribution in [-0.4, -0.2) is 23.0 Å². The fourth-order valence-corrected chi connectivity index (χ4v) is 3.56. The van der Waals surface area contributed by atoms with Gasteiger partial charge in [0, 0.05) is 12.0 Å². The van der Waals surface area contributed by atoms with Gasteiger partial charge in [0.25, 0.3) is 5.91 Å². The summed E-state index contributed by atoms with van der Waals surface area (Å²) in [7, 11) is 0. The number of hydrogen-bond acceptors (Lipinski definition) is 4. The fraction of sp³-hybridized carbons (Fsp3) is 0.500. The van der Waals surface area contributed by atoms with Gasteiger partial charge in [-0.25, -0.2) is 0 Å². The third-order valence-electron chi connectivity index (χ3n) is 3.43. The average Bonchev–Trinajstić information content (AvgIpc) is 2.97. The van der Waals surface area contributed by atoms with E-state index in [9.17, 15) is 4.79 Å². The minimum Gasteiger partial charge on any atom is -0.409 e. The quantitative estimate of drug-likeness (QED) is 0.346. The molecular formula is C12H16ClN3O2S. The Morgan fingerprint density at radius 2 is 2.37 bits per heavy atom. The lowest BCUT2D eigenvalue weighted by Crippen LogP contribution is -2.42. The van der Waals surface area contributed by atoms with E-state index in [4.69, 9.17) is 22.5 Å². The molecule has 7 heteroatoms. The number of amides is 1. The minimum absolute atomic E-state index is 0.0955. The third-order valence-corrected chi connectivity index (χ3v) is 5.13. The van der Waals surface area contributed by atoms with E-state index in [1.54, 1.807) is 0 Å². The summed E-state index contributed by atoms with van der Waals surface area (Å²) in [5.41, 5.74) is 6.54. The number of amidine groups is 1. The maximum atomic E-state index is 12.2. The fourth-order valence-electron chi connectivity index (χ4n) is 2.38. The summed E-state index contributed by atoms with van der Waals surface area (Å²) >= 11 is 7.40. The molecule has 1 heterocycles. The van der Waals surface area contributed by atoms with Crippen molar-refractivity contribution in [3.8, 4) is 0 Å². The first kappa shape index (κ1) is 14.1. The molecule has 1 amide bonds. The Labute approximate surface area is 120 Å². The molecule has 1 saturated carbocycles. The standard InChI is InChI=1S/C12H16ClN3O2S/c1-6-5-19-10(9(6)13)12(17)15-8-4-2-3-7(8)11(14)16-18/h5,7-8,18H,2-4H2,1H3,(H2,14,16)(H,15,17). The number of nitrogens with one attached hydrogen (secondary N) is 1. The molecule has 2 rings (SSSR count). The molecule has 1 aliphatic rings. The van der Waals surface area contributed by atoms with E-state index in [0.29, 0.717) is 9.90 Å². The summed E-state index contributed by atoms with van der Waals surface area (Å²) in [5, 5.41) is 17.1. The second kappa shape index (κ2) is 5.79. The first-order valence-corrected chi connectivity index (χ1v) is 7.32. The third kappa shape index (κ3) is 2.84. The molecule has 0 aliphatic heterocycles. The number of carbonyl (C=O) groups is 1. The SMILES string of the molecule is Cc1csc(C(=O)NC2CCCC2C(N)=NO)c1Cl. The van der Waals surface area contributed by atoms with Crippen LogP contribution in [0.5, 0.6) is 0 Å². The van der Waals surface area contributed by atoms with Crippen LogP contribution >= 0.6 is 22.9 Å². The van der Waals surface area contributed by atoms with Crippen molar-refractivity contribution in [2.75, 3.05) is 0 Å². The first-order chi connectivity index (χ1) is 9.04. The second-order valence-corrected chi connectivity index (χ2v) is 5.96. The number of nitrogens with two attached hydrogens (primary N) is 1. The zero-order valence-electron chi connectivity index (χ0n) is 10.5. The molecule has 1 fully saturated rings. The Kier molecular flexibility index (Phi) is 4.31. The lowest BCUT2D eigenvalue weighted by molar-refractivity contribution is 0.0937. The van der Waals surface area contributed by atoms with Crippen molar-refractivity contribution in [3.05, 3.63) is 20.8 Å². The van der Waals surface area contributed by atoms with Crippen LogP contribution in [0.2, 0.25) is 5.02 Å². The van der Waals surface area contributed by atoms with E-state index >= 15 is 0 Å². The number of hydrogen-bond donors (Lipinski definition) is 3. The van der Waals surface area contributed by atoms with Crippen molar-refractivity contribution in [3.63, 3.8) is 0 Å². The van der Waals surface area contributed by atoms with Gasteiger partial charge in [-0.15, -0.1) is 11.3 Å². The Morgan fingerprint density at radius 3 is 2.95 bits per heavy atom. The van der Waals surface area contributed by atoms with Crippen molar-refractivity contribution in [2.24, 2.45) is 16.8 Å². The number of nitrogens with zero attached hydrogens (tertiary/aromatic N) is 1. The molecule has 19 heavy (non-hydrogen) atoms. The number of carbonyl (C=O) groups excluding carboxylic acids is 1. The molecule has 1 aliphatic carbocycles. The Morgan fingerprint density at radius 1 is 1.63 bits per heavy atom. The number of oxime groups is 1. The summed E-state index contributed by atoms with van der Waals surface area (Å²) in [5.74, 6) is -0.115. The van der Waals surface area contributed by atoms with Crippen LogP contribution in [0, 0.1) is 12.8 Å². The van der Waals surface area contributed by atoms with Crippen LogP contribution in [-0.2, 0) is 0 Å². The average molecular weight is 302 g/mol. The molecule has 0 aromatic carbocycles. The maximum Gasteiger partial charge on any atom is 0.263 e. The molecule has 0 radical (unpaired) electrons. The number of rotatable bonds is 3. The molecule has 5 nitrogen and oxygen atoms in total. The monoisotopic (exact) mass is 301 g/mol. The smallest absolute Gasteiger partial charge is 0.263 e. The van der Waals surface area contributed by atoms with Crippen molar-refractivity contribution < 1.29 is 10.0 Å². The summed E-state index contributed by atoms with van der Waals surface area (Å²) in [6, 6.07) is -0.0955. The molecule has 0 spiro atoms. The van der Waals surface area contributed by atoms with E-state index in [1.165, 1.54) is 11.3 Å². The van der Waals surface area contributed by atoms with Crippen LogP contribution in [0.1, 0.15) is 34.5 Å².